The summed E-state index contributed by atoms with van der Waals surface area (Å²) >= 11 is 0. The Morgan fingerprint density at radius 2 is 1.79 bits per heavy atom. The number of rotatable bonds is 7. The van der Waals surface area contributed by atoms with Gasteiger partial charge < -0.3 is 22.5 Å². The van der Waals surface area contributed by atoms with Gasteiger partial charge in [-0.2, -0.15) is 0 Å². The third kappa shape index (κ3) is 7.63. The Labute approximate surface area is 138 Å². The smallest absolute Gasteiger partial charge is 1.00 e. The van der Waals surface area contributed by atoms with Gasteiger partial charge in [0.15, 0.2) is 0 Å². The van der Waals surface area contributed by atoms with Crippen molar-refractivity contribution in [1.82, 2.24) is 0 Å². The van der Waals surface area contributed by atoms with Gasteiger partial charge in [-0.25, -0.2) is 0 Å². The van der Waals surface area contributed by atoms with Crippen LogP contribution in [0.15, 0.2) is 0 Å². The van der Waals surface area contributed by atoms with E-state index in [2.05, 4.69) is 0 Å². The van der Waals surface area contributed by atoms with Gasteiger partial charge in [0.25, 0.3) is 0 Å². The van der Waals surface area contributed by atoms with Gasteiger partial charge in [-0.05, 0) is 18.8 Å². The monoisotopic (exact) mass is 283 g/mol. The van der Waals surface area contributed by atoms with Crippen LogP contribution in [0, 0.1) is 5.92 Å². The Hall–Kier alpha value is 0.350. The van der Waals surface area contributed by atoms with Crippen LogP contribution in [0.25, 0.3) is 0 Å². The fourth-order valence-electron chi connectivity index (χ4n) is 2.59. The fourth-order valence-corrected chi connectivity index (χ4v) is 2.59. The number of carbonyl (C=O) groups is 1. The minimum Gasteiger partial charge on any atom is -1.00 e. The molecule has 1 aliphatic carbocycles. The van der Waals surface area contributed by atoms with Crippen LogP contribution in [0.3, 0.4) is 0 Å². The summed E-state index contributed by atoms with van der Waals surface area (Å²) in [6.07, 6.45) is 5.65. The maximum atomic E-state index is 10.5. The molecule has 5 N–H and O–H groups in total. The van der Waals surface area contributed by atoms with Gasteiger partial charge in [-0.3, -0.25) is 4.79 Å². The van der Waals surface area contributed by atoms with Crippen molar-refractivity contribution in [2.45, 2.75) is 69.6 Å². The molecule has 108 valence electrons. The number of carboxylic acid groups (broad SMARTS) is 1. The van der Waals surface area contributed by atoms with Crippen molar-refractivity contribution >= 4 is 5.97 Å². The zero-order valence-electron chi connectivity index (χ0n) is 12.8. The molecule has 1 rings (SSSR count). The zero-order chi connectivity index (χ0) is 13.5. The normalized spacial score (nSPS) is 21.2. The van der Waals surface area contributed by atoms with Crippen molar-refractivity contribution in [1.29, 1.82) is 0 Å². The fraction of sp³-hybridized carbons (Fsp3) is 0.923. The van der Waals surface area contributed by atoms with Gasteiger partial charge in [0.1, 0.15) is 6.04 Å². The molecule has 0 saturated heterocycles. The van der Waals surface area contributed by atoms with Gasteiger partial charge in [-0.15, -0.1) is 0 Å². The van der Waals surface area contributed by atoms with Crippen molar-refractivity contribution in [2.75, 3.05) is 0 Å². The number of hydrogen-bond donors (Lipinski definition) is 4. The number of hydrogen-bond acceptors (Lipinski definition) is 4. The molecular formula is C13H26NNaO4. The average Bonchev–Trinajstić information content (AvgIpc) is 2.36. The molecule has 0 heterocycles. The van der Waals surface area contributed by atoms with Crippen LogP contribution in [-0.4, -0.2) is 39.5 Å². The van der Waals surface area contributed by atoms with Gasteiger partial charge in [0.05, 0.1) is 12.2 Å². The number of carboxylic acids is 1. The van der Waals surface area contributed by atoms with Gasteiger partial charge >= 0.3 is 35.5 Å². The van der Waals surface area contributed by atoms with Crippen molar-refractivity contribution < 1.29 is 51.1 Å². The summed E-state index contributed by atoms with van der Waals surface area (Å²) in [5, 5.41) is 28.1. The molecular weight excluding hydrogens is 257 g/mol. The van der Waals surface area contributed by atoms with Crippen LogP contribution < -0.4 is 35.3 Å². The zero-order valence-corrected chi connectivity index (χ0v) is 13.8. The maximum Gasteiger partial charge on any atom is 1.00 e. The first kappa shape index (κ1) is 19.4. The molecule has 1 aliphatic rings. The van der Waals surface area contributed by atoms with Crippen LogP contribution in [0.5, 0.6) is 0 Å². The summed E-state index contributed by atoms with van der Waals surface area (Å²) in [5.41, 5.74) is 5.32. The van der Waals surface area contributed by atoms with Crippen LogP contribution in [0.2, 0.25) is 0 Å². The predicted molar refractivity (Wildman–Crippen MR) is 69.2 cm³/mol. The quantitative estimate of drug-likeness (QED) is 0.404. The van der Waals surface area contributed by atoms with E-state index in [4.69, 9.17) is 10.8 Å². The average molecular weight is 283 g/mol. The molecule has 0 aromatic heterocycles. The first-order chi connectivity index (χ1) is 8.50. The minimum atomic E-state index is -1.14. The van der Waals surface area contributed by atoms with E-state index >= 15 is 0 Å². The summed E-state index contributed by atoms with van der Waals surface area (Å²) < 4.78 is 0. The molecule has 0 aliphatic heterocycles. The van der Waals surface area contributed by atoms with Crippen LogP contribution >= 0.6 is 0 Å². The Bertz CT molecular complexity index is 265. The molecule has 0 spiro atoms. The number of aliphatic hydroxyl groups is 2. The predicted octanol–water partition coefficient (Wildman–Crippen LogP) is -2.01. The van der Waals surface area contributed by atoms with Gasteiger partial charge in [0.2, 0.25) is 0 Å². The van der Waals surface area contributed by atoms with Crippen molar-refractivity contribution in [2.24, 2.45) is 11.7 Å². The molecule has 0 aromatic carbocycles. The first-order valence-corrected chi connectivity index (χ1v) is 6.85. The Morgan fingerprint density at radius 1 is 1.21 bits per heavy atom. The molecule has 0 bridgehead atoms. The molecule has 0 aromatic rings. The third-order valence-electron chi connectivity index (χ3n) is 3.85. The molecule has 0 amide bonds. The first-order valence-electron chi connectivity index (χ1n) is 6.85. The number of nitrogens with two attached hydrogens (primary N) is 1. The van der Waals surface area contributed by atoms with E-state index in [0.717, 1.165) is 6.42 Å². The van der Waals surface area contributed by atoms with Gasteiger partial charge in [-0.1, -0.05) is 32.1 Å². The second-order valence-corrected chi connectivity index (χ2v) is 5.40. The second kappa shape index (κ2) is 10.1. The van der Waals surface area contributed by atoms with Crippen LogP contribution in [0.1, 0.15) is 52.8 Å². The standard InChI is InChI=1S/C13H25NO4.Na.H/c14-10(13(17)18)8-12(16)11(15)7-6-9-4-2-1-3-5-9;;/h9-12,15-16H,1-8,14H2,(H,17,18);;/q;+1;-1. The van der Waals surface area contributed by atoms with E-state index in [-0.39, 0.29) is 37.4 Å². The Morgan fingerprint density at radius 3 is 2.32 bits per heavy atom. The van der Waals surface area contributed by atoms with Crippen LogP contribution in [-0.2, 0) is 4.79 Å². The SMILES string of the molecule is NC(CC(O)C(O)CCC1CCCCC1)C(=O)O.[H-].[Na+]. The topological polar surface area (TPSA) is 104 Å². The maximum absolute atomic E-state index is 10.5. The molecule has 19 heavy (non-hydrogen) atoms. The molecule has 1 saturated carbocycles. The minimum absolute atomic E-state index is 0. The van der Waals surface area contributed by atoms with Crippen LogP contribution in [0.4, 0.5) is 0 Å². The number of aliphatic hydroxyl groups excluding tert-OH is 2. The molecule has 5 nitrogen and oxygen atoms in total. The van der Waals surface area contributed by atoms with E-state index in [1.807, 2.05) is 0 Å². The van der Waals surface area contributed by atoms with E-state index in [0.29, 0.717) is 12.3 Å². The molecule has 3 atom stereocenters. The molecule has 6 heteroatoms. The summed E-state index contributed by atoms with van der Waals surface area (Å²) in [7, 11) is 0. The van der Waals surface area contributed by atoms with Crippen molar-refractivity contribution in [3.8, 4) is 0 Å². The molecule has 0 radical (unpaired) electrons. The van der Waals surface area contributed by atoms with E-state index in [9.17, 15) is 15.0 Å². The van der Waals surface area contributed by atoms with Crippen molar-refractivity contribution in [3.05, 3.63) is 0 Å². The van der Waals surface area contributed by atoms with E-state index in [1.54, 1.807) is 0 Å². The van der Waals surface area contributed by atoms with Gasteiger partial charge in [0, 0.05) is 6.42 Å². The second-order valence-electron chi connectivity index (χ2n) is 5.40. The Kier molecular flexibility index (Phi) is 10.3. The molecule has 1 fully saturated rings. The summed E-state index contributed by atoms with van der Waals surface area (Å²) in [4.78, 5) is 10.5. The number of aliphatic carboxylic acids is 1. The summed E-state index contributed by atoms with van der Waals surface area (Å²) in [6.45, 7) is 0. The largest absolute Gasteiger partial charge is 1.00 e. The Balaban J connectivity index is 0. The van der Waals surface area contributed by atoms with E-state index < -0.39 is 24.2 Å². The van der Waals surface area contributed by atoms with E-state index in [1.165, 1.54) is 32.1 Å². The third-order valence-corrected chi connectivity index (χ3v) is 3.85. The summed E-state index contributed by atoms with van der Waals surface area (Å²) in [5.74, 6) is -0.498. The van der Waals surface area contributed by atoms with Crippen molar-refractivity contribution in [3.63, 3.8) is 0 Å². The summed E-state index contributed by atoms with van der Waals surface area (Å²) in [6, 6.07) is -1.11. The molecule has 3 unspecified atom stereocenters.